The van der Waals surface area contributed by atoms with Crippen LogP contribution < -0.4 is 10.6 Å². The number of benzene rings is 2. The molecule has 27 heavy (non-hydrogen) atoms. The second-order valence-corrected chi connectivity index (χ2v) is 6.25. The van der Waals surface area contributed by atoms with E-state index < -0.39 is 22.7 Å². The molecule has 4 nitrogen and oxygen atoms in total. The minimum atomic E-state index is -4.60. The molecule has 0 fully saturated rings. The van der Waals surface area contributed by atoms with Crippen molar-refractivity contribution < 1.29 is 22.8 Å². The third kappa shape index (κ3) is 6.01. The standard InChI is InChI=1S/C18H13Cl2F3N2O2/c1-10(26)24-12-4-6-15(20)16(9-12)25-17(27)7-3-11-2-5-14(19)13(8-11)18(21,22)23/h2-9H,1H3,(H,24,26)(H,25,27)/b7-3+. The number of hydrogen-bond acceptors (Lipinski definition) is 2. The monoisotopic (exact) mass is 416 g/mol. The Labute approximate surface area is 163 Å². The van der Waals surface area contributed by atoms with Crippen molar-refractivity contribution in [2.45, 2.75) is 13.1 Å². The zero-order valence-electron chi connectivity index (χ0n) is 13.8. The molecule has 0 aliphatic heterocycles. The van der Waals surface area contributed by atoms with E-state index in [1.165, 1.54) is 31.2 Å². The summed E-state index contributed by atoms with van der Waals surface area (Å²) < 4.78 is 38.6. The van der Waals surface area contributed by atoms with Crippen LogP contribution in [0, 0.1) is 0 Å². The van der Waals surface area contributed by atoms with Crippen LogP contribution in [0.1, 0.15) is 18.1 Å². The topological polar surface area (TPSA) is 58.2 Å². The van der Waals surface area contributed by atoms with Crippen LogP contribution in [-0.2, 0) is 15.8 Å². The zero-order valence-corrected chi connectivity index (χ0v) is 15.3. The third-order valence-corrected chi connectivity index (χ3v) is 3.93. The van der Waals surface area contributed by atoms with Crippen molar-refractivity contribution in [2.75, 3.05) is 10.6 Å². The summed E-state index contributed by atoms with van der Waals surface area (Å²) in [5.41, 5.74) is -0.166. The van der Waals surface area contributed by atoms with Gasteiger partial charge in [0.2, 0.25) is 11.8 Å². The predicted molar refractivity (Wildman–Crippen MR) is 99.9 cm³/mol. The van der Waals surface area contributed by atoms with Gasteiger partial charge in [-0.1, -0.05) is 29.3 Å². The molecule has 2 aromatic carbocycles. The molecule has 0 radical (unpaired) electrons. The number of hydrogen-bond donors (Lipinski definition) is 2. The molecule has 0 saturated carbocycles. The Balaban J connectivity index is 2.15. The first-order valence-electron chi connectivity index (χ1n) is 7.49. The molecule has 0 aliphatic rings. The first kappa shape index (κ1) is 20.8. The summed E-state index contributed by atoms with van der Waals surface area (Å²) in [6.07, 6.45) is -2.32. The molecule has 2 aromatic rings. The van der Waals surface area contributed by atoms with E-state index in [1.807, 2.05) is 0 Å². The summed E-state index contributed by atoms with van der Waals surface area (Å²) >= 11 is 11.5. The molecular formula is C18H13Cl2F3N2O2. The first-order valence-corrected chi connectivity index (χ1v) is 8.25. The molecule has 0 aromatic heterocycles. The number of amides is 2. The van der Waals surface area contributed by atoms with Gasteiger partial charge in [0.05, 0.1) is 21.3 Å². The van der Waals surface area contributed by atoms with Crippen molar-refractivity contribution >= 4 is 52.5 Å². The van der Waals surface area contributed by atoms with E-state index in [0.717, 1.165) is 18.2 Å². The Bertz CT molecular complexity index is 912. The highest BCUT2D eigenvalue weighted by atomic mass is 35.5. The highest BCUT2D eigenvalue weighted by molar-refractivity contribution is 6.34. The fourth-order valence-corrected chi connectivity index (χ4v) is 2.50. The Morgan fingerprint density at radius 1 is 1.00 bits per heavy atom. The van der Waals surface area contributed by atoms with E-state index in [-0.39, 0.29) is 22.2 Å². The first-order chi connectivity index (χ1) is 12.6. The number of anilines is 2. The zero-order chi connectivity index (χ0) is 20.2. The predicted octanol–water partition coefficient (Wildman–Crippen LogP) is 5.62. The average Bonchev–Trinajstić information content (AvgIpc) is 2.55. The fraction of sp³-hybridized carbons (Fsp3) is 0.111. The molecule has 142 valence electrons. The summed E-state index contributed by atoms with van der Waals surface area (Å²) in [5, 5.41) is 4.84. The quantitative estimate of drug-likeness (QED) is 0.635. The molecule has 0 aliphatic carbocycles. The summed E-state index contributed by atoms with van der Waals surface area (Å²) in [5.74, 6) is -0.905. The van der Waals surface area contributed by atoms with Gasteiger partial charge in [0.1, 0.15) is 0 Å². The van der Waals surface area contributed by atoms with Crippen LogP contribution in [0.25, 0.3) is 6.08 Å². The van der Waals surface area contributed by atoms with Crippen molar-refractivity contribution in [1.29, 1.82) is 0 Å². The molecule has 0 spiro atoms. The third-order valence-electron chi connectivity index (χ3n) is 3.27. The molecule has 2 N–H and O–H groups in total. The van der Waals surface area contributed by atoms with Gasteiger partial charge in [-0.05, 0) is 42.0 Å². The summed E-state index contributed by atoms with van der Waals surface area (Å²) in [4.78, 5) is 23.1. The number of carbonyl (C=O) groups excluding carboxylic acids is 2. The maximum atomic E-state index is 12.9. The van der Waals surface area contributed by atoms with Crippen LogP contribution >= 0.6 is 23.2 Å². The second-order valence-electron chi connectivity index (χ2n) is 5.44. The maximum Gasteiger partial charge on any atom is 0.417 e. The lowest BCUT2D eigenvalue weighted by atomic mass is 10.1. The van der Waals surface area contributed by atoms with Gasteiger partial charge in [-0.25, -0.2) is 0 Å². The Hall–Kier alpha value is -2.51. The minimum absolute atomic E-state index is 0.153. The van der Waals surface area contributed by atoms with Crippen LogP contribution in [0.15, 0.2) is 42.5 Å². The molecular weight excluding hydrogens is 404 g/mol. The van der Waals surface area contributed by atoms with E-state index in [9.17, 15) is 22.8 Å². The average molecular weight is 417 g/mol. The normalized spacial score (nSPS) is 11.5. The lowest BCUT2D eigenvalue weighted by Gasteiger charge is -2.10. The van der Waals surface area contributed by atoms with Gasteiger partial charge in [-0.15, -0.1) is 0 Å². The number of nitrogens with one attached hydrogen (secondary N) is 2. The second kappa shape index (κ2) is 8.45. The molecule has 0 unspecified atom stereocenters. The van der Waals surface area contributed by atoms with Crippen molar-refractivity contribution in [3.63, 3.8) is 0 Å². The van der Waals surface area contributed by atoms with E-state index in [1.54, 1.807) is 6.07 Å². The van der Waals surface area contributed by atoms with Crippen molar-refractivity contribution in [3.05, 3.63) is 63.6 Å². The van der Waals surface area contributed by atoms with Gasteiger partial charge in [-0.2, -0.15) is 13.2 Å². The number of alkyl halides is 3. The Morgan fingerprint density at radius 2 is 1.67 bits per heavy atom. The minimum Gasteiger partial charge on any atom is -0.326 e. The molecule has 0 saturated heterocycles. The van der Waals surface area contributed by atoms with Crippen LogP contribution in [0.3, 0.4) is 0 Å². The molecule has 0 atom stereocenters. The summed E-state index contributed by atoms with van der Waals surface area (Å²) in [6.45, 7) is 1.33. The van der Waals surface area contributed by atoms with Gasteiger partial charge in [0.25, 0.3) is 0 Å². The van der Waals surface area contributed by atoms with Gasteiger partial charge < -0.3 is 10.6 Å². The Morgan fingerprint density at radius 3 is 2.30 bits per heavy atom. The molecule has 0 heterocycles. The molecule has 0 bridgehead atoms. The van der Waals surface area contributed by atoms with Crippen LogP contribution in [0.5, 0.6) is 0 Å². The lowest BCUT2D eigenvalue weighted by molar-refractivity contribution is -0.137. The van der Waals surface area contributed by atoms with Crippen LogP contribution in [0.4, 0.5) is 24.5 Å². The van der Waals surface area contributed by atoms with E-state index in [0.29, 0.717) is 5.69 Å². The summed E-state index contributed by atoms with van der Waals surface area (Å²) in [6, 6.07) is 7.81. The Kier molecular flexibility index (Phi) is 6.51. The van der Waals surface area contributed by atoms with Crippen molar-refractivity contribution in [3.8, 4) is 0 Å². The van der Waals surface area contributed by atoms with Gasteiger partial charge >= 0.3 is 6.18 Å². The van der Waals surface area contributed by atoms with Gasteiger partial charge in [-0.3, -0.25) is 9.59 Å². The van der Waals surface area contributed by atoms with Crippen LogP contribution in [-0.4, -0.2) is 11.8 Å². The SMILES string of the molecule is CC(=O)Nc1ccc(Cl)c(NC(=O)/C=C/c2ccc(Cl)c(C(F)(F)F)c2)c1. The fourth-order valence-electron chi connectivity index (χ4n) is 2.11. The maximum absolute atomic E-state index is 12.9. The van der Waals surface area contributed by atoms with Gasteiger partial charge in [0, 0.05) is 18.7 Å². The molecule has 2 rings (SSSR count). The van der Waals surface area contributed by atoms with E-state index >= 15 is 0 Å². The molecule has 9 heteroatoms. The number of carbonyl (C=O) groups is 2. The number of rotatable bonds is 4. The van der Waals surface area contributed by atoms with Crippen molar-refractivity contribution in [1.82, 2.24) is 0 Å². The van der Waals surface area contributed by atoms with Crippen molar-refractivity contribution in [2.24, 2.45) is 0 Å². The van der Waals surface area contributed by atoms with Crippen LogP contribution in [0.2, 0.25) is 10.0 Å². The highest BCUT2D eigenvalue weighted by Gasteiger charge is 2.33. The number of halogens is 5. The van der Waals surface area contributed by atoms with Gasteiger partial charge in [0.15, 0.2) is 0 Å². The van der Waals surface area contributed by atoms with E-state index in [2.05, 4.69) is 10.6 Å². The lowest BCUT2D eigenvalue weighted by Crippen LogP contribution is -2.10. The largest absolute Gasteiger partial charge is 0.417 e. The summed E-state index contributed by atoms with van der Waals surface area (Å²) in [7, 11) is 0. The molecule has 2 amide bonds. The highest BCUT2D eigenvalue weighted by Crippen LogP contribution is 2.35. The smallest absolute Gasteiger partial charge is 0.326 e. The van der Waals surface area contributed by atoms with E-state index in [4.69, 9.17) is 23.2 Å².